The predicted octanol–water partition coefficient (Wildman–Crippen LogP) is 2.36. The van der Waals surface area contributed by atoms with Gasteiger partial charge in [0, 0.05) is 24.5 Å². The van der Waals surface area contributed by atoms with E-state index in [1.54, 1.807) is 48.8 Å². The zero-order chi connectivity index (χ0) is 22.8. The van der Waals surface area contributed by atoms with E-state index in [1.165, 1.54) is 17.5 Å². The Balaban J connectivity index is 1.32. The Kier molecular flexibility index (Phi) is 5.90. The Morgan fingerprint density at radius 2 is 1.94 bits per heavy atom. The van der Waals surface area contributed by atoms with Crippen LogP contribution >= 0.6 is 0 Å². The molecule has 2 fully saturated rings. The number of nitrogens with zero attached hydrogens (tertiary/aromatic N) is 4. The second kappa shape index (κ2) is 9.14. The van der Waals surface area contributed by atoms with Crippen LogP contribution in [0.1, 0.15) is 35.2 Å². The van der Waals surface area contributed by atoms with Gasteiger partial charge in [-0.25, -0.2) is 9.67 Å². The standard InChI is InChI=1S/C25H26N6O2/c26-13-17-3-5-18(6-4-17)21-15-29-31(25(21)33)22-8-7-19(14-28-22)24(32)23-20(9-10-27-23)16-30-11-1-2-12-30/h3-8,14-15,20,23,27,29H,1-2,9-12,16H2/t20-,23?/m1/s1. The minimum absolute atomic E-state index is 0.0628. The maximum atomic E-state index is 13.2. The fourth-order valence-electron chi connectivity index (χ4n) is 4.87. The zero-order valence-electron chi connectivity index (χ0n) is 18.3. The molecule has 0 radical (unpaired) electrons. The van der Waals surface area contributed by atoms with Gasteiger partial charge >= 0.3 is 0 Å². The van der Waals surface area contributed by atoms with E-state index < -0.39 is 0 Å². The lowest BCUT2D eigenvalue weighted by Gasteiger charge is -2.24. The summed E-state index contributed by atoms with van der Waals surface area (Å²) in [6, 6.07) is 12.2. The number of Topliss-reactive ketones (excluding diaryl/α,β-unsaturated/α-hetero) is 1. The first kappa shape index (κ1) is 21.3. The fourth-order valence-corrected chi connectivity index (χ4v) is 4.87. The first-order chi connectivity index (χ1) is 16.1. The maximum absolute atomic E-state index is 13.2. The second-order valence-corrected chi connectivity index (χ2v) is 8.77. The number of carbonyl (C=O) groups excluding carboxylic acids is 1. The number of carbonyl (C=O) groups is 1. The van der Waals surface area contributed by atoms with Gasteiger partial charge < -0.3 is 10.2 Å². The van der Waals surface area contributed by atoms with Gasteiger partial charge in [-0.15, -0.1) is 0 Å². The van der Waals surface area contributed by atoms with Crippen molar-refractivity contribution < 1.29 is 4.79 Å². The number of aromatic nitrogens is 3. The average molecular weight is 443 g/mol. The van der Waals surface area contributed by atoms with Gasteiger partial charge in [-0.3, -0.25) is 14.7 Å². The van der Waals surface area contributed by atoms with Gasteiger partial charge in [0.05, 0.1) is 23.2 Å². The molecule has 0 spiro atoms. The molecule has 0 saturated carbocycles. The van der Waals surface area contributed by atoms with Gasteiger partial charge in [0.15, 0.2) is 11.6 Å². The quantitative estimate of drug-likeness (QED) is 0.568. The smallest absolute Gasteiger partial charge is 0.280 e. The predicted molar refractivity (Wildman–Crippen MR) is 124 cm³/mol. The van der Waals surface area contributed by atoms with E-state index in [2.05, 4.69) is 26.4 Å². The summed E-state index contributed by atoms with van der Waals surface area (Å²) in [6.07, 6.45) is 6.67. The number of hydrogen-bond acceptors (Lipinski definition) is 6. The van der Waals surface area contributed by atoms with Crippen LogP contribution < -0.4 is 10.9 Å². The molecule has 168 valence electrons. The molecule has 1 aromatic carbocycles. The molecule has 2 aromatic heterocycles. The molecule has 0 amide bonds. The molecule has 2 atom stereocenters. The van der Waals surface area contributed by atoms with Crippen molar-refractivity contribution in [1.29, 1.82) is 5.26 Å². The number of nitriles is 1. The summed E-state index contributed by atoms with van der Waals surface area (Å²) >= 11 is 0. The van der Waals surface area contributed by atoms with Crippen LogP contribution in [0.25, 0.3) is 16.9 Å². The lowest BCUT2D eigenvalue weighted by Crippen LogP contribution is -2.40. The molecule has 1 unspecified atom stereocenters. The minimum atomic E-state index is -0.241. The number of H-pyrrole nitrogens is 1. The number of rotatable bonds is 6. The van der Waals surface area contributed by atoms with E-state index in [1.807, 2.05) is 0 Å². The molecule has 2 saturated heterocycles. The fraction of sp³-hybridized carbons (Fsp3) is 0.360. The van der Waals surface area contributed by atoms with Crippen LogP contribution in [0.4, 0.5) is 0 Å². The third-order valence-corrected chi connectivity index (χ3v) is 6.68. The topological polar surface area (TPSA) is 107 Å². The molecule has 3 aromatic rings. The normalized spacial score (nSPS) is 20.7. The van der Waals surface area contributed by atoms with Crippen LogP contribution in [0.15, 0.2) is 53.6 Å². The third-order valence-electron chi connectivity index (χ3n) is 6.68. The highest BCUT2D eigenvalue weighted by atomic mass is 16.1. The molecule has 0 bridgehead atoms. The highest BCUT2D eigenvalue weighted by molar-refractivity contribution is 6.00. The van der Waals surface area contributed by atoms with Crippen molar-refractivity contribution in [2.24, 2.45) is 5.92 Å². The Labute approximate surface area is 191 Å². The van der Waals surface area contributed by atoms with Crippen LogP contribution in [-0.2, 0) is 0 Å². The lowest BCUT2D eigenvalue weighted by atomic mass is 9.93. The highest BCUT2D eigenvalue weighted by Gasteiger charge is 2.34. The number of pyridine rings is 1. The van der Waals surface area contributed by atoms with Crippen molar-refractivity contribution in [1.82, 2.24) is 25.0 Å². The number of nitrogens with one attached hydrogen (secondary N) is 2. The molecule has 2 N–H and O–H groups in total. The highest BCUT2D eigenvalue weighted by Crippen LogP contribution is 2.23. The van der Waals surface area contributed by atoms with Crippen molar-refractivity contribution in [2.45, 2.75) is 25.3 Å². The van der Waals surface area contributed by atoms with Crippen LogP contribution in [0.5, 0.6) is 0 Å². The van der Waals surface area contributed by atoms with Crippen molar-refractivity contribution in [3.8, 4) is 23.0 Å². The van der Waals surface area contributed by atoms with Gasteiger partial charge in [0.25, 0.3) is 5.56 Å². The molecule has 8 heteroatoms. The Morgan fingerprint density at radius 1 is 1.15 bits per heavy atom. The summed E-state index contributed by atoms with van der Waals surface area (Å²) < 4.78 is 1.35. The minimum Gasteiger partial charge on any atom is -0.307 e. The van der Waals surface area contributed by atoms with Crippen molar-refractivity contribution >= 4 is 5.78 Å². The molecule has 5 rings (SSSR count). The molecular formula is C25H26N6O2. The van der Waals surface area contributed by atoms with E-state index in [-0.39, 0.29) is 17.4 Å². The number of aromatic amines is 1. The van der Waals surface area contributed by atoms with Crippen molar-refractivity contribution in [3.63, 3.8) is 0 Å². The van der Waals surface area contributed by atoms with Gasteiger partial charge in [-0.1, -0.05) is 12.1 Å². The Hall–Kier alpha value is -3.54. The number of likely N-dealkylation sites (tertiary alicyclic amines) is 1. The van der Waals surface area contributed by atoms with Gasteiger partial charge in [0.1, 0.15) is 0 Å². The van der Waals surface area contributed by atoms with Crippen LogP contribution in [-0.4, -0.2) is 57.7 Å². The summed E-state index contributed by atoms with van der Waals surface area (Å²) in [5.74, 6) is 0.800. The number of ketones is 1. The van der Waals surface area contributed by atoms with Gasteiger partial charge in [-0.2, -0.15) is 5.26 Å². The van der Waals surface area contributed by atoms with E-state index in [9.17, 15) is 9.59 Å². The van der Waals surface area contributed by atoms with Crippen LogP contribution in [0.3, 0.4) is 0 Å². The molecule has 33 heavy (non-hydrogen) atoms. The largest absolute Gasteiger partial charge is 0.307 e. The summed E-state index contributed by atoms with van der Waals surface area (Å²) in [5, 5.41) is 15.3. The lowest BCUT2D eigenvalue weighted by molar-refractivity contribution is 0.0917. The van der Waals surface area contributed by atoms with E-state index in [0.29, 0.717) is 28.4 Å². The zero-order valence-corrected chi connectivity index (χ0v) is 18.3. The molecule has 0 aliphatic carbocycles. The monoisotopic (exact) mass is 442 g/mol. The van der Waals surface area contributed by atoms with E-state index in [0.717, 1.165) is 38.2 Å². The third kappa shape index (κ3) is 4.25. The summed E-state index contributed by atoms with van der Waals surface area (Å²) in [4.78, 5) is 32.9. The Morgan fingerprint density at radius 3 is 2.64 bits per heavy atom. The summed E-state index contributed by atoms with van der Waals surface area (Å²) in [6.45, 7) is 4.08. The van der Waals surface area contributed by atoms with Crippen molar-refractivity contribution in [2.75, 3.05) is 26.2 Å². The first-order valence-electron chi connectivity index (χ1n) is 11.4. The SMILES string of the molecule is N#Cc1ccc(-c2c[nH]n(-c3ccc(C(=O)C4NCC[C@@H]4CN4CCCC4)cn3)c2=O)cc1. The summed E-state index contributed by atoms with van der Waals surface area (Å²) in [5.41, 5.74) is 2.06. The van der Waals surface area contributed by atoms with Crippen molar-refractivity contribution in [3.05, 3.63) is 70.3 Å². The number of benzene rings is 1. The molecule has 2 aliphatic heterocycles. The molecule has 2 aliphatic rings. The maximum Gasteiger partial charge on any atom is 0.280 e. The van der Waals surface area contributed by atoms with E-state index in [4.69, 9.17) is 5.26 Å². The first-order valence-corrected chi connectivity index (χ1v) is 11.4. The summed E-state index contributed by atoms with van der Waals surface area (Å²) in [7, 11) is 0. The van der Waals surface area contributed by atoms with E-state index >= 15 is 0 Å². The van der Waals surface area contributed by atoms with Gasteiger partial charge in [0.2, 0.25) is 0 Å². The van der Waals surface area contributed by atoms with Crippen LogP contribution in [0, 0.1) is 17.2 Å². The average Bonchev–Trinajstić information content (AvgIpc) is 3.61. The Bertz CT molecular complexity index is 1230. The molecule has 8 nitrogen and oxygen atoms in total. The molecular weight excluding hydrogens is 416 g/mol. The van der Waals surface area contributed by atoms with Crippen LogP contribution in [0.2, 0.25) is 0 Å². The van der Waals surface area contributed by atoms with Gasteiger partial charge in [-0.05, 0) is 74.6 Å². The molecule has 4 heterocycles. The second-order valence-electron chi connectivity index (χ2n) is 8.77. The number of hydrogen-bond donors (Lipinski definition) is 2.